The quantitative estimate of drug-likeness (QED) is 0.546. The number of rotatable bonds is 1. The maximum atomic E-state index is 6.64. The predicted molar refractivity (Wildman–Crippen MR) is 106 cm³/mol. The first-order chi connectivity index (χ1) is 11.8. The van der Waals surface area contributed by atoms with E-state index in [4.69, 9.17) is 16.6 Å². The van der Waals surface area contributed by atoms with E-state index in [2.05, 4.69) is 63.0 Å². The fourth-order valence-electron chi connectivity index (χ4n) is 3.59. The normalized spacial score (nSPS) is 17.9. The number of aromatic nitrogens is 1. The molecule has 0 fully saturated rings. The van der Waals surface area contributed by atoms with Crippen molar-refractivity contribution in [3.8, 4) is 0 Å². The fraction of sp³-hybridized carbons (Fsp3) is 0.273. The first kappa shape index (κ1) is 16.3. The van der Waals surface area contributed by atoms with Crippen LogP contribution in [-0.4, -0.2) is 16.2 Å². The van der Waals surface area contributed by atoms with Crippen LogP contribution in [0.15, 0.2) is 59.7 Å². The van der Waals surface area contributed by atoms with Gasteiger partial charge in [0, 0.05) is 33.1 Å². The molecule has 0 N–H and O–H groups in total. The van der Waals surface area contributed by atoms with Crippen molar-refractivity contribution in [3.05, 3.63) is 76.4 Å². The van der Waals surface area contributed by atoms with Crippen LogP contribution < -0.4 is 0 Å². The van der Waals surface area contributed by atoms with E-state index in [0.717, 1.165) is 32.8 Å². The van der Waals surface area contributed by atoms with Gasteiger partial charge in [0.1, 0.15) is 0 Å². The van der Waals surface area contributed by atoms with Crippen LogP contribution in [-0.2, 0) is 5.41 Å². The van der Waals surface area contributed by atoms with Crippen LogP contribution in [0.1, 0.15) is 44.4 Å². The molecule has 2 heterocycles. The maximum Gasteiger partial charge on any atom is 0.0729 e. The predicted octanol–water partition coefficient (Wildman–Crippen LogP) is 5.80. The summed E-state index contributed by atoms with van der Waals surface area (Å²) in [7, 11) is 0. The average Bonchev–Trinajstić information content (AvgIpc) is 2.58. The minimum atomic E-state index is -0.260. The first-order valence-electron chi connectivity index (χ1n) is 8.56. The Balaban J connectivity index is 2.00. The van der Waals surface area contributed by atoms with Crippen LogP contribution in [0, 0.1) is 0 Å². The molecule has 1 aliphatic rings. The van der Waals surface area contributed by atoms with E-state index >= 15 is 0 Å². The number of hydrogen-bond donors (Lipinski definition) is 0. The molecule has 2 nitrogen and oxygen atoms in total. The minimum absolute atomic E-state index is 0.150. The monoisotopic (exact) mass is 348 g/mol. The van der Waals surface area contributed by atoms with Gasteiger partial charge in [-0.05, 0) is 43.7 Å². The molecule has 0 aliphatic carbocycles. The Morgan fingerprint density at radius 3 is 2.52 bits per heavy atom. The largest absolute Gasteiger partial charge is 0.277 e. The van der Waals surface area contributed by atoms with E-state index in [0.29, 0.717) is 0 Å². The van der Waals surface area contributed by atoms with Crippen LogP contribution in [0.25, 0.3) is 10.9 Å². The van der Waals surface area contributed by atoms with Gasteiger partial charge in [-0.3, -0.25) is 9.98 Å². The number of pyridine rings is 1. The molecule has 1 aliphatic heterocycles. The highest BCUT2D eigenvalue weighted by atomic mass is 35.5. The summed E-state index contributed by atoms with van der Waals surface area (Å²) in [6, 6.07) is 16.5. The van der Waals surface area contributed by atoms with Crippen molar-refractivity contribution in [1.29, 1.82) is 0 Å². The van der Waals surface area contributed by atoms with Crippen LogP contribution in [0.3, 0.4) is 0 Å². The third kappa shape index (κ3) is 2.39. The number of aliphatic imine (C=N–C) groups is 1. The summed E-state index contributed by atoms with van der Waals surface area (Å²) in [5, 5.41) is 1.93. The number of nitrogens with zero attached hydrogens (tertiary/aromatic N) is 2. The second-order valence-electron chi connectivity index (χ2n) is 7.72. The van der Waals surface area contributed by atoms with Crippen LogP contribution in [0.4, 0.5) is 0 Å². The van der Waals surface area contributed by atoms with E-state index in [-0.39, 0.29) is 11.0 Å². The second-order valence-corrected chi connectivity index (χ2v) is 8.12. The summed E-state index contributed by atoms with van der Waals surface area (Å²) >= 11 is 6.64. The van der Waals surface area contributed by atoms with E-state index in [1.54, 1.807) is 0 Å². The van der Waals surface area contributed by atoms with Crippen LogP contribution in [0.2, 0.25) is 5.02 Å². The zero-order valence-corrected chi connectivity index (χ0v) is 15.7. The molecule has 1 aromatic heterocycles. The second kappa shape index (κ2) is 5.40. The summed E-state index contributed by atoms with van der Waals surface area (Å²) in [5.41, 5.74) is 5.00. The third-order valence-corrected chi connectivity index (χ3v) is 6.01. The molecule has 3 heteroatoms. The molecule has 0 unspecified atom stereocenters. The molecule has 4 rings (SSSR count). The van der Waals surface area contributed by atoms with Gasteiger partial charge in [-0.2, -0.15) is 0 Å². The van der Waals surface area contributed by atoms with Crippen LogP contribution in [0.5, 0.6) is 0 Å². The van der Waals surface area contributed by atoms with Gasteiger partial charge in [0.25, 0.3) is 0 Å². The Kier molecular flexibility index (Phi) is 3.52. The molecular weight excluding hydrogens is 328 g/mol. The summed E-state index contributed by atoms with van der Waals surface area (Å²) in [5.74, 6) is 0. The smallest absolute Gasteiger partial charge is 0.0729 e. The molecule has 0 spiro atoms. The SMILES string of the molecule is CC1(C)N=C(c2ccc3ncccc3c2)c2cccc(Cl)c2C1(C)C. The lowest BCUT2D eigenvalue weighted by Gasteiger charge is -2.44. The Bertz CT molecular complexity index is 1020. The van der Waals surface area contributed by atoms with Gasteiger partial charge in [0.05, 0.1) is 16.8 Å². The Morgan fingerprint density at radius 1 is 0.920 bits per heavy atom. The molecule has 0 atom stereocenters. The van der Waals surface area contributed by atoms with Crippen molar-refractivity contribution in [1.82, 2.24) is 4.98 Å². The van der Waals surface area contributed by atoms with Crippen molar-refractivity contribution in [3.63, 3.8) is 0 Å². The molecule has 25 heavy (non-hydrogen) atoms. The molecule has 0 saturated carbocycles. The highest BCUT2D eigenvalue weighted by Crippen LogP contribution is 2.46. The molecule has 0 saturated heterocycles. The Morgan fingerprint density at radius 2 is 1.72 bits per heavy atom. The highest BCUT2D eigenvalue weighted by molar-refractivity contribution is 6.32. The molecule has 0 bridgehead atoms. The lowest BCUT2D eigenvalue weighted by atomic mass is 9.65. The summed E-state index contributed by atoms with van der Waals surface area (Å²) < 4.78 is 0. The molecule has 126 valence electrons. The van der Waals surface area contributed by atoms with Gasteiger partial charge >= 0.3 is 0 Å². The zero-order valence-electron chi connectivity index (χ0n) is 15.0. The van der Waals surface area contributed by atoms with E-state index in [1.807, 2.05) is 24.4 Å². The van der Waals surface area contributed by atoms with Crippen molar-refractivity contribution < 1.29 is 0 Å². The molecule has 0 radical (unpaired) electrons. The number of halogens is 1. The number of hydrogen-bond acceptors (Lipinski definition) is 2. The van der Waals surface area contributed by atoms with Gasteiger partial charge in [-0.15, -0.1) is 0 Å². The fourth-order valence-corrected chi connectivity index (χ4v) is 4.00. The zero-order chi connectivity index (χ0) is 17.8. The lowest BCUT2D eigenvalue weighted by molar-refractivity contribution is 0.304. The molecule has 2 aromatic carbocycles. The topological polar surface area (TPSA) is 25.2 Å². The van der Waals surface area contributed by atoms with Gasteiger partial charge in [0.15, 0.2) is 0 Å². The van der Waals surface area contributed by atoms with Gasteiger partial charge in [-0.1, -0.05) is 49.7 Å². The molecule has 0 amide bonds. The molecular formula is C22H21ClN2. The van der Waals surface area contributed by atoms with Gasteiger partial charge in [0.2, 0.25) is 0 Å². The van der Waals surface area contributed by atoms with Gasteiger partial charge in [-0.25, -0.2) is 0 Å². The first-order valence-corrected chi connectivity index (χ1v) is 8.93. The van der Waals surface area contributed by atoms with E-state index < -0.39 is 0 Å². The van der Waals surface area contributed by atoms with Crippen molar-refractivity contribution >= 4 is 28.2 Å². The lowest BCUT2D eigenvalue weighted by Crippen LogP contribution is -2.46. The van der Waals surface area contributed by atoms with Crippen molar-refractivity contribution in [2.75, 3.05) is 0 Å². The van der Waals surface area contributed by atoms with Gasteiger partial charge < -0.3 is 0 Å². The molecule has 3 aromatic rings. The Hall–Kier alpha value is -2.19. The third-order valence-electron chi connectivity index (χ3n) is 5.69. The highest BCUT2D eigenvalue weighted by Gasteiger charge is 2.45. The summed E-state index contributed by atoms with van der Waals surface area (Å²) in [6.07, 6.45) is 1.82. The van der Waals surface area contributed by atoms with Crippen LogP contribution >= 0.6 is 11.6 Å². The summed E-state index contributed by atoms with van der Waals surface area (Å²) in [4.78, 5) is 9.58. The minimum Gasteiger partial charge on any atom is -0.277 e. The maximum absolute atomic E-state index is 6.64. The van der Waals surface area contributed by atoms with Crippen molar-refractivity contribution in [2.45, 2.75) is 38.6 Å². The van der Waals surface area contributed by atoms with E-state index in [1.165, 1.54) is 5.56 Å². The van der Waals surface area contributed by atoms with E-state index in [9.17, 15) is 0 Å². The average molecular weight is 349 g/mol. The number of benzene rings is 2. The standard InChI is InChI=1S/C22H21ClN2/c1-21(2)19-16(8-5-9-17(19)23)20(25-22(21,3)4)15-10-11-18-14(13-15)7-6-12-24-18/h5-13H,1-4H3. The number of fused-ring (bicyclic) bond motifs is 2. The Labute approximate surface area is 153 Å². The van der Waals surface area contributed by atoms with Crippen molar-refractivity contribution in [2.24, 2.45) is 4.99 Å². The summed E-state index contributed by atoms with van der Waals surface area (Å²) in [6.45, 7) is 8.81.